The quantitative estimate of drug-likeness (QED) is 0.313. The highest BCUT2D eigenvalue weighted by Gasteiger charge is 2.61. The van der Waals surface area contributed by atoms with E-state index in [2.05, 4.69) is 20.8 Å². The first-order valence-corrected chi connectivity index (χ1v) is 13.1. The van der Waals surface area contributed by atoms with E-state index >= 15 is 0 Å². The van der Waals surface area contributed by atoms with Crippen molar-refractivity contribution in [1.29, 1.82) is 0 Å². The van der Waals surface area contributed by atoms with Crippen LogP contribution in [0.2, 0.25) is 0 Å². The third kappa shape index (κ3) is 4.86. The number of hydrazone groups is 1. The molecule has 0 aromatic heterocycles. The van der Waals surface area contributed by atoms with Gasteiger partial charge in [-0.3, -0.25) is 4.79 Å². The number of nitrogens with two attached hydrogens (primary N) is 1. The fraction of sp³-hybridized carbons (Fsp3) is 0.846. The molecular weight excluding hydrogens is 432 g/mol. The van der Waals surface area contributed by atoms with Gasteiger partial charge >= 0.3 is 0 Å². The van der Waals surface area contributed by atoms with Crippen LogP contribution in [0.4, 0.5) is 0 Å². The summed E-state index contributed by atoms with van der Waals surface area (Å²) < 4.78 is 10.9. The molecule has 6 atom stereocenters. The van der Waals surface area contributed by atoms with Crippen LogP contribution in [-0.2, 0) is 14.3 Å². The molecule has 1 amide bonds. The lowest BCUT2D eigenvalue weighted by Gasteiger charge is -2.49. The molecule has 2 unspecified atom stereocenters. The van der Waals surface area contributed by atoms with Gasteiger partial charge in [-0.2, -0.15) is 5.10 Å². The molecule has 0 radical (unpaired) electrons. The maximum Gasteiger partial charge on any atom is 0.248 e. The highest BCUT2D eigenvalue weighted by Crippen LogP contribution is 2.55. The second-order valence-corrected chi connectivity index (χ2v) is 11.2. The third-order valence-corrected chi connectivity index (χ3v) is 8.66. The zero-order valence-electron chi connectivity index (χ0n) is 21.6. The predicted molar refractivity (Wildman–Crippen MR) is 131 cm³/mol. The molecule has 0 bridgehead atoms. The summed E-state index contributed by atoms with van der Waals surface area (Å²) >= 11 is 0. The van der Waals surface area contributed by atoms with E-state index in [1.165, 1.54) is 25.0 Å². The molecule has 8 heteroatoms. The Kier molecular flexibility index (Phi) is 7.60. The van der Waals surface area contributed by atoms with Crippen LogP contribution in [0.5, 0.6) is 0 Å². The molecule has 4 rings (SSSR count). The summed E-state index contributed by atoms with van der Waals surface area (Å²) in [5.41, 5.74) is 7.91. The van der Waals surface area contributed by atoms with Gasteiger partial charge in [-0.1, -0.05) is 20.8 Å². The van der Waals surface area contributed by atoms with Gasteiger partial charge in [0, 0.05) is 43.4 Å². The van der Waals surface area contributed by atoms with Crippen LogP contribution in [0.1, 0.15) is 66.2 Å². The number of allylic oxidation sites excluding steroid dienone is 1. The van der Waals surface area contributed by atoms with Crippen molar-refractivity contribution >= 4 is 11.6 Å². The van der Waals surface area contributed by atoms with Gasteiger partial charge in [-0.05, 0) is 62.7 Å². The Balaban J connectivity index is 1.41. The van der Waals surface area contributed by atoms with Crippen molar-refractivity contribution in [2.75, 3.05) is 26.9 Å². The van der Waals surface area contributed by atoms with Crippen molar-refractivity contribution < 1.29 is 19.4 Å². The number of rotatable bonds is 13. The number of methoxy groups -OCH3 is 1. The number of fused-ring (bicyclic) bond motifs is 1. The molecule has 0 spiro atoms. The maximum atomic E-state index is 13.3. The van der Waals surface area contributed by atoms with E-state index in [1.807, 2.05) is 18.0 Å². The third-order valence-electron chi connectivity index (χ3n) is 8.66. The Hall–Kier alpha value is -1.64. The van der Waals surface area contributed by atoms with Gasteiger partial charge in [-0.25, -0.2) is 5.01 Å². The van der Waals surface area contributed by atoms with Gasteiger partial charge < -0.3 is 25.2 Å². The largest absolute Gasteiger partial charge is 0.494 e. The van der Waals surface area contributed by atoms with Crippen LogP contribution in [0.25, 0.3) is 0 Å². The minimum atomic E-state index is -0.286. The van der Waals surface area contributed by atoms with Gasteiger partial charge in [0.1, 0.15) is 18.5 Å². The molecule has 0 aromatic carbocycles. The molecule has 2 aliphatic carbocycles. The minimum absolute atomic E-state index is 0.000368. The molecule has 4 aliphatic rings. The van der Waals surface area contributed by atoms with Gasteiger partial charge in [0.25, 0.3) is 0 Å². The summed E-state index contributed by atoms with van der Waals surface area (Å²) in [6.45, 7) is 9.76. The summed E-state index contributed by atoms with van der Waals surface area (Å²) in [6, 6.07) is 0. The Morgan fingerprint density at radius 2 is 2.06 bits per heavy atom. The topological polar surface area (TPSA) is 100 Å². The molecule has 1 saturated heterocycles. The van der Waals surface area contributed by atoms with E-state index < -0.39 is 0 Å². The molecule has 3 N–H and O–H groups in total. The second-order valence-electron chi connectivity index (χ2n) is 11.2. The highest BCUT2D eigenvalue weighted by atomic mass is 16.5. The number of amides is 1. The number of carbonyl (C=O) groups is 1. The standard InChI is InChI=1S/C26H44N4O4/c1-6-19-21-20(8-7-18(9-11-33-5)26(4)13-16(2)14-26)22(21)28-30(25(19)32)24-23(27)29(24)15-17(3)34-12-10-31/h15-16,18-21,23-24,31H,6-14,27H2,1-5H3/b17-15+/t16?,18?,19-,20+,21-,23?,24-,26?,29?/m1/s1. The molecule has 192 valence electrons. The van der Waals surface area contributed by atoms with Crippen molar-refractivity contribution in [3.8, 4) is 0 Å². The first-order valence-electron chi connectivity index (χ1n) is 13.1. The van der Waals surface area contributed by atoms with E-state index in [0.29, 0.717) is 28.9 Å². The number of ether oxygens (including phenoxy) is 2. The van der Waals surface area contributed by atoms with E-state index in [1.54, 1.807) is 12.1 Å². The number of carbonyl (C=O) groups excluding carboxylic acids is 1. The average molecular weight is 477 g/mol. The molecule has 34 heavy (non-hydrogen) atoms. The smallest absolute Gasteiger partial charge is 0.248 e. The lowest BCUT2D eigenvalue weighted by atomic mass is 9.56. The lowest BCUT2D eigenvalue weighted by molar-refractivity contribution is -0.138. The number of hydrogen-bond acceptors (Lipinski definition) is 7. The maximum absolute atomic E-state index is 13.3. The van der Waals surface area contributed by atoms with Gasteiger partial charge in [-0.15, -0.1) is 0 Å². The molecule has 3 fully saturated rings. The molecule has 8 nitrogen and oxygen atoms in total. The summed E-state index contributed by atoms with van der Waals surface area (Å²) in [5, 5.41) is 15.4. The van der Waals surface area contributed by atoms with E-state index in [-0.39, 0.29) is 37.4 Å². The number of hydrogen-bond donors (Lipinski definition) is 2. The Labute approximate surface area is 204 Å². The fourth-order valence-corrected chi connectivity index (χ4v) is 6.88. The van der Waals surface area contributed by atoms with Crippen molar-refractivity contribution in [1.82, 2.24) is 9.91 Å². The van der Waals surface area contributed by atoms with Crippen LogP contribution in [0, 0.1) is 35.0 Å². The minimum Gasteiger partial charge on any atom is -0.494 e. The van der Waals surface area contributed by atoms with Crippen LogP contribution < -0.4 is 5.73 Å². The zero-order valence-corrected chi connectivity index (χ0v) is 21.6. The molecule has 2 saturated carbocycles. The van der Waals surface area contributed by atoms with Crippen molar-refractivity contribution in [3.63, 3.8) is 0 Å². The molecule has 2 aliphatic heterocycles. The summed E-state index contributed by atoms with van der Waals surface area (Å²) in [7, 11) is 1.79. The normalized spacial score (nSPS) is 37.7. The number of nitrogens with zero attached hydrogens (tertiary/aromatic N) is 3. The Bertz CT molecular complexity index is 809. The zero-order chi connectivity index (χ0) is 24.6. The monoisotopic (exact) mass is 476 g/mol. The van der Waals surface area contributed by atoms with E-state index in [4.69, 9.17) is 25.4 Å². The van der Waals surface area contributed by atoms with Gasteiger partial charge in [0.05, 0.1) is 6.61 Å². The molecular formula is C26H44N4O4. The van der Waals surface area contributed by atoms with Gasteiger partial charge in [0.2, 0.25) is 5.91 Å². The van der Waals surface area contributed by atoms with Crippen LogP contribution in [0.15, 0.2) is 17.1 Å². The first kappa shape index (κ1) is 25.5. The fourth-order valence-electron chi connectivity index (χ4n) is 6.88. The summed E-state index contributed by atoms with van der Waals surface area (Å²) in [5.74, 6) is 2.98. The molecule has 0 aromatic rings. The first-order chi connectivity index (χ1) is 16.3. The van der Waals surface area contributed by atoms with Crippen molar-refractivity contribution in [3.05, 3.63) is 12.0 Å². The van der Waals surface area contributed by atoms with E-state index in [0.717, 1.165) is 31.8 Å². The number of aliphatic hydroxyl groups excluding tert-OH is 1. The summed E-state index contributed by atoms with van der Waals surface area (Å²) in [6.07, 6.45) is 8.12. The van der Waals surface area contributed by atoms with Gasteiger partial charge in [0.15, 0.2) is 6.17 Å². The van der Waals surface area contributed by atoms with Crippen LogP contribution >= 0.6 is 0 Å². The van der Waals surface area contributed by atoms with E-state index in [9.17, 15) is 4.79 Å². The Morgan fingerprint density at radius 1 is 1.32 bits per heavy atom. The SMILES string of the molecule is CC[C@H]1C(=O)N([C@@H]2C(N)N2/C=C(\C)OCCO)N=C2[C@H]1[C@@H]2CCC(CCOC)C1(C)CC(C)C1. The highest BCUT2D eigenvalue weighted by molar-refractivity contribution is 6.09. The average Bonchev–Trinajstić information content (AvgIpc) is 3.65. The lowest BCUT2D eigenvalue weighted by Crippen LogP contribution is -2.40. The second kappa shape index (κ2) is 10.2. The van der Waals surface area contributed by atoms with Crippen molar-refractivity contribution in [2.45, 2.75) is 78.6 Å². The molecule has 2 heterocycles. The van der Waals surface area contributed by atoms with Crippen molar-refractivity contribution in [2.24, 2.45) is 45.8 Å². The number of aliphatic hydroxyl groups is 1. The van der Waals surface area contributed by atoms with Crippen LogP contribution in [-0.4, -0.2) is 65.9 Å². The summed E-state index contributed by atoms with van der Waals surface area (Å²) in [4.78, 5) is 15.2. The van der Waals surface area contributed by atoms with Crippen LogP contribution in [0.3, 0.4) is 0 Å². The predicted octanol–water partition coefficient (Wildman–Crippen LogP) is 3.12. The Morgan fingerprint density at radius 3 is 2.68 bits per heavy atom.